The summed E-state index contributed by atoms with van der Waals surface area (Å²) in [6, 6.07) is 13.7. The van der Waals surface area contributed by atoms with Gasteiger partial charge in [-0.05, 0) is 29.9 Å². The number of fused-ring (bicyclic) bond motifs is 5. The molecule has 0 radical (unpaired) electrons. The standard InChI is InChI=1S/C23H19N3O5/c27-22-19-15-9-10-16(11-15)20(19)23(28)25(22)24-12-17-7-4-8-18(26(29)30)21(17)31-13-14-5-2-1-3-6-14/h1-10,12,15-16,19-20H,11,13H2. The lowest BCUT2D eigenvalue weighted by Gasteiger charge is -2.13. The van der Waals surface area contributed by atoms with E-state index in [1.165, 1.54) is 18.3 Å². The molecule has 2 fully saturated rings. The first-order chi connectivity index (χ1) is 15.0. The fourth-order valence-electron chi connectivity index (χ4n) is 4.79. The lowest BCUT2D eigenvalue weighted by Crippen LogP contribution is -2.28. The van der Waals surface area contributed by atoms with Crippen molar-refractivity contribution in [3.63, 3.8) is 0 Å². The van der Waals surface area contributed by atoms with Crippen molar-refractivity contribution in [3.05, 3.63) is 81.9 Å². The summed E-state index contributed by atoms with van der Waals surface area (Å²) in [6.07, 6.45) is 6.16. The Labute approximate surface area is 178 Å². The third-order valence-corrected chi connectivity index (χ3v) is 6.21. The van der Waals surface area contributed by atoms with Crippen molar-refractivity contribution in [1.82, 2.24) is 5.01 Å². The molecule has 1 heterocycles. The molecule has 0 spiro atoms. The summed E-state index contributed by atoms with van der Waals surface area (Å²) < 4.78 is 5.77. The van der Waals surface area contributed by atoms with Gasteiger partial charge in [0.2, 0.25) is 5.75 Å². The van der Waals surface area contributed by atoms with Crippen LogP contribution in [0.15, 0.2) is 65.8 Å². The molecule has 1 saturated heterocycles. The summed E-state index contributed by atoms with van der Waals surface area (Å²) >= 11 is 0. The van der Waals surface area contributed by atoms with Crippen molar-refractivity contribution in [1.29, 1.82) is 0 Å². The molecular weight excluding hydrogens is 398 g/mol. The Morgan fingerprint density at radius 2 is 1.71 bits per heavy atom. The monoisotopic (exact) mass is 417 g/mol. The Morgan fingerprint density at radius 1 is 1.03 bits per heavy atom. The first kappa shape index (κ1) is 19.2. The fourth-order valence-corrected chi connectivity index (χ4v) is 4.79. The second kappa shape index (κ2) is 7.46. The second-order valence-electron chi connectivity index (χ2n) is 7.96. The number of nitrogens with zero attached hydrogens (tertiary/aromatic N) is 3. The van der Waals surface area contributed by atoms with Crippen LogP contribution in [0, 0.1) is 33.8 Å². The molecule has 1 aliphatic heterocycles. The maximum atomic E-state index is 12.8. The predicted octanol–water partition coefficient (Wildman–Crippen LogP) is 3.31. The molecule has 8 heteroatoms. The average molecular weight is 417 g/mol. The largest absolute Gasteiger partial charge is 0.481 e. The van der Waals surface area contributed by atoms with Crippen LogP contribution in [-0.4, -0.2) is 28.0 Å². The van der Waals surface area contributed by atoms with E-state index in [1.54, 1.807) is 6.07 Å². The number of nitro groups is 1. The van der Waals surface area contributed by atoms with Gasteiger partial charge in [-0.3, -0.25) is 19.7 Å². The van der Waals surface area contributed by atoms with Crippen molar-refractivity contribution >= 4 is 23.7 Å². The summed E-state index contributed by atoms with van der Waals surface area (Å²) in [4.78, 5) is 36.6. The van der Waals surface area contributed by atoms with E-state index >= 15 is 0 Å². The van der Waals surface area contributed by atoms with Gasteiger partial charge in [-0.25, -0.2) is 0 Å². The van der Waals surface area contributed by atoms with Gasteiger partial charge in [-0.15, -0.1) is 0 Å². The summed E-state index contributed by atoms with van der Waals surface area (Å²) in [6.45, 7) is 0.132. The summed E-state index contributed by atoms with van der Waals surface area (Å²) in [5.74, 6) is -1.08. The number of hydrogen-bond acceptors (Lipinski definition) is 6. The average Bonchev–Trinajstić information content (AvgIpc) is 3.46. The number of rotatable bonds is 6. The van der Waals surface area contributed by atoms with Crippen molar-refractivity contribution in [2.75, 3.05) is 0 Å². The van der Waals surface area contributed by atoms with E-state index in [9.17, 15) is 19.7 Å². The molecule has 4 unspecified atom stereocenters. The second-order valence-corrected chi connectivity index (χ2v) is 7.96. The van der Waals surface area contributed by atoms with Gasteiger partial charge in [0.1, 0.15) is 6.61 Å². The maximum absolute atomic E-state index is 12.8. The Hall–Kier alpha value is -3.81. The van der Waals surface area contributed by atoms with Crippen molar-refractivity contribution in [3.8, 4) is 5.75 Å². The molecular formula is C23H19N3O5. The minimum absolute atomic E-state index is 0.0427. The van der Waals surface area contributed by atoms with Crippen LogP contribution in [0.4, 0.5) is 5.69 Å². The minimum Gasteiger partial charge on any atom is -0.481 e. The summed E-state index contributed by atoms with van der Waals surface area (Å²) in [5.41, 5.74) is 0.964. The Morgan fingerprint density at radius 3 is 2.35 bits per heavy atom. The van der Waals surface area contributed by atoms with Gasteiger partial charge in [0.05, 0.1) is 23.0 Å². The third-order valence-electron chi connectivity index (χ3n) is 6.21. The highest BCUT2D eigenvalue weighted by atomic mass is 16.6. The molecule has 2 aliphatic carbocycles. The zero-order valence-corrected chi connectivity index (χ0v) is 16.5. The normalized spacial score (nSPS) is 26.1. The van der Waals surface area contributed by atoms with Crippen molar-refractivity contribution < 1.29 is 19.2 Å². The van der Waals surface area contributed by atoms with Crippen LogP contribution >= 0.6 is 0 Å². The van der Waals surface area contributed by atoms with Crippen molar-refractivity contribution in [2.45, 2.75) is 13.0 Å². The van der Waals surface area contributed by atoms with Crippen LogP contribution in [0.25, 0.3) is 0 Å². The van der Waals surface area contributed by atoms with Crippen LogP contribution in [0.5, 0.6) is 5.75 Å². The quantitative estimate of drug-likeness (QED) is 0.236. The molecule has 2 amide bonds. The SMILES string of the molecule is O=C1C2C3C=CC(C3)C2C(=O)N1N=Cc1cccc([N+](=O)[O-])c1OCc1ccccc1. The molecule has 156 valence electrons. The number of amides is 2. The molecule has 0 aromatic heterocycles. The third kappa shape index (κ3) is 3.20. The molecule has 2 bridgehead atoms. The van der Waals surface area contributed by atoms with E-state index in [0.717, 1.165) is 17.0 Å². The lowest BCUT2D eigenvalue weighted by molar-refractivity contribution is -0.385. The van der Waals surface area contributed by atoms with E-state index in [1.807, 2.05) is 42.5 Å². The van der Waals surface area contributed by atoms with Gasteiger partial charge in [0, 0.05) is 11.6 Å². The van der Waals surface area contributed by atoms with Crippen molar-refractivity contribution in [2.24, 2.45) is 28.8 Å². The summed E-state index contributed by atoms with van der Waals surface area (Å²) in [5, 5.41) is 16.6. The highest BCUT2D eigenvalue weighted by Crippen LogP contribution is 2.52. The first-order valence-corrected chi connectivity index (χ1v) is 10.1. The molecule has 5 rings (SSSR count). The minimum atomic E-state index is -0.530. The number of para-hydroxylation sites is 1. The Bertz CT molecular complexity index is 1100. The van der Waals surface area contributed by atoms with Crippen LogP contribution in [-0.2, 0) is 16.2 Å². The van der Waals surface area contributed by atoms with E-state index in [4.69, 9.17) is 4.74 Å². The highest BCUT2D eigenvalue weighted by molar-refractivity contribution is 6.07. The molecule has 31 heavy (non-hydrogen) atoms. The predicted molar refractivity (Wildman–Crippen MR) is 111 cm³/mol. The first-order valence-electron chi connectivity index (χ1n) is 10.1. The zero-order valence-electron chi connectivity index (χ0n) is 16.5. The van der Waals surface area contributed by atoms with Gasteiger partial charge in [-0.2, -0.15) is 10.1 Å². The van der Waals surface area contributed by atoms with Crippen LogP contribution < -0.4 is 4.74 Å². The molecule has 2 aromatic carbocycles. The van der Waals surface area contributed by atoms with E-state index in [0.29, 0.717) is 5.56 Å². The molecule has 0 N–H and O–H groups in total. The maximum Gasteiger partial charge on any atom is 0.311 e. The number of carbonyl (C=O) groups excluding carboxylic acids is 2. The number of hydrogen-bond donors (Lipinski definition) is 0. The van der Waals surface area contributed by atoms with Crippen LogP contribution in [0.2, 0.25) is 0 Å². The number of benzene rings is 2. The number of allylic oxidation sites excluding steroid dienone is 2. The molecule has 8 nitrogen and oxygen atoms in total. The van der Waals surface area contributed by atoms with Crippen LogP contribution in [0.1, 0.15) is 17.5 Å². The molecule has 1 saturated carbocycles. The zero-order chi connectivity index (χ0) is 21.5. The molecule has 4 atom stereocenters. The van der Waals surface area contributed by atoms with Gasteiger partial charge < -0.3 is 4.74 Å². The van der Waals surface area contributed by atoms with Crippen LogP contribution in [0.3, 0.4) is 0 Å². The van der Waals surface area contributed by atoms with Gasteiger partial charge >= 0.3 is 5.69 Å². The molecule has 2 aromatic rings. The van der Waals surface area contributed by atoms with E-state index in [-0.39, 0.29) is 53.5 Å². The van der Waals surface area contributed by atoms with E-state index in [2.05, 4.69) is 5.10 Å². The van der Waals surface area contributed by atoms with E-state index < -0.39 is 4.92 Å². The van der Waals surface area contributed by atoms with Gasteiger partial charge in [-0.1, -0.05) is 48.6 Å². The number of nitro benzene ring substituents is 1. The number of carbonyl (C=O) groups is 2. The fraction of sp³-hybridized carbons (Fsp3) is 0.261. The van der Waals surface area contributed by atoms with Gasteiger partial charge in [0.25, 0.3) is 11.8 Å². The van der Waals surface area contributed by atoms with Gasteiger partial charge in [0.15, 0.2) is 0 Å². The Kier molecular flexibility index (Phi) is 4.62. The lowest BCUT2D eigenvalue weighted by atomic mass is 9.85. The highest BCUT2D eigenvalue weighted by Gasteiger charge is 2.59. The number of imide groups is 1. The smallest absolute Gasteiger partial charge is 0.311 e. The summed E-state index contributed by atoms with van der Waals surface area (Å²) in [7, 11) is 0. The topological polar surface area (TPSA) is 102 Å². The number of hydrazone groups is 1. The Balaban J connectivity index is 1.42. The number of ether oxygens (including phenoxy) is 1. The molecule has 3 aliphatic rings.